The monoisotopic (exact) mass is 337 g/mol. The summed E-state index contributed by atoms with van der Waals surface area (Å²) in [6, 6.07) is 12.2. The van der Waals surface area contributed by atoms with Crippen LogP contribution in [0.15, 0.2) is 52.3 Å². The van der Waals surface area contributed by atoms with Crippen LogP contribution in [0.1, 0.15) is 0 Å². The highest BCUT2D eigenvalue weighted by Gasteiger charge is 2.20. The van der Waals surface area contributed by atoms with Crippen LogP contribution in [0.2, 0.25) is 0 Å². The second-order valence-electron chi connectivity index (χ2n) is 4.19. The van der Waals surface area contributed by atoms with E-state index in [1.807, 2.05) is 18.4 Å². The molecule has 21 heavy (non-hydrogen) atoms. The molecule has 1 N–H and O–H groups in total. The molecule has 0 saturated carbocycles. The Bertz CT molecular complexity index is 890. The number of nitrogens with one attached hydrogen (secondary N) is 1. The minimum Gasteiger partial charge on any atom is -0.278 e. The van der Waals surface area contributed by atoms with Crippen LogP contribution in [0.25, 0.3) is 11.0 Å². The van der Waals surface area contributed by atoms with Crippen molar-refractivity contribution in [2.24, 2.45) is 0 Å². The molecule has 3 rings (SSSR count). The number of hydrogen-bond acceptors (Lipinski definition) is 6. The number of rotatable bonds is 4. The highest BCUT2D eigenvalue weighted by atomic mass is 32.2. The van der Waals surface area contributed by atoms with Gasteiger partial charge in [-0.25, -0.2) is 8.42 Å². The van der Waals surface area contributed by atoms with Crippen molar-refractivity contribution in [2.45, 2.75) is 9.79 Å². The van der Waals surface area contributed by atoms with Crippen molar-refractivity contribution >= 4 is 50.2 Å². The van der Waals surface area contributed by atoms with E-state index in [0.29, 0.717) is 16.7 Å². The second-order valence-corrected chi connectivity index (χ2v) is 7.22. The maximum atomic E-state index is 12.6. The fourth-order valence-corrected chi connectivity index (χ4v) is 4.39. The lowest BCUT2D eigenvalue weighted by Crippen LogP contribution is -2.14. The molecule has 0 spiro atoms. The minimum atomic E-state index is -3.70. The van der Waals surface area contributed by atoms with Gasteiger partial charge in [0.25, 0.3) is 10.0 Å². The lowest BCUT2D eigenvalue weighted by atomic mass is 10.3. The number of para-hydroxylation sites is 1. The molecule has 0 unspecified atom stereocenters. The molecule has 108 valence electrons. The van der Waals surface area contributed by atoms with Crippen molar-refractivity contribution in [3.8, 4) is 0 Å². The van der Waals surface area contributed by atoms with Gasteiger partial charge in [0, 0.05) is 4.90 Å². The summed E-state index contributed by atoms with van der Waals surface area (Å²) in [6.45, 7) is 0. The summed E-state index contributed by atoms with van der Waals surface area (Å²) in [6.07, 6.45) is 1.90. The average Bonchev–Trinajstić information content (AvgIpc) is 2.95. The number of sulfonamides is 1. The van der Waals surface area contributed by atoms with Gasteiger partial charge in [0.15, 0.2) is 0 Å². The van der Waals surface area contributed by atoms with Crippen molar-refractivity contribution in [1.82, 2.24) is 8.75 Å². The highest BCUT2D eigenvalue weighted by Crippen LogP contribution is 2.28. The molecule has 0 amide bonds. The Labute approximate surface area is 130 Å². The number of fused-ring (bicyclic) bond motifs is 1. The summed E-state index contributed by atoms with van der Waals surface area (Å²) in [5.41, 5.74) is 1.54. The maximum absolute atomic E-state index is 12.6. The largest absolute Gasteiger partial charge is 0.278 e. The second kappa shape index (κ2) is 5.63. The summed E-state index contributed by atoms with van der Waals surface area (Å²) in [7, 11) is -3.70. The molecule has 0 radical (unpaired) electrons. The molecule has 0 fully saturated rings. The van der Waals surface area contributed by atoms with Gasteiger partial charge in [-0.15, -0.1) is 11.8 Å². The first-order valence-electron chi connectivity index (χ1n) is 5.99. The number of nitrogens with zero attached hydrogens (tertiary/aromatic N) is 2. The first-order valence-corrected chi connectivity index (χ1v) is 9.43. The summed E-state index contributed by atoms with van der Waals surface area (Å²) < 4.78 is 36.0. The minimum absolute atomic E-state index is 0.143. The molecule has 1 heterocycles. The van der Waals surface area contributed by atoms with Crippen LogP contribution < -0.4 is 4.72 Å². The average molecular weight is 337 g/mol. The third-order valence-electron chi connectivity index (χ3n) is 2.89. The maximum Gasteiger partial charge on any atom is 0.264 e. The molecule has 0 aliphatic rings. The number of hydrogen-bond donors (Lipinski definition) is 1. The Morgan fingerprint density at radius 3 is 2.71 bits per heavy atom. The van der Waals surface area contributed by atoms with E-state index in [-0.39, 0.29) is 4.90 Å². The molecule has 0 atom stereocenters. The van der Waals surface area contributed by atoms with E-state index in [9.17, 15) is 8.42 Å². The zero-order valence-corrected chi connectivity index (χ0v) is 13.4. The third-order valence-corrected chi connectivity index (χ3v) is 5.63. The third kappa shape index (κ3) is 2.74. The standard InChI is InChI=1S/C13H11N3O2S3/c1-19-11-7-3-2-5-9(11)16-21(17,18)12-8-4-6-10-13(12)15-20-14-10/h2-8,16H,1H3. The van der Waals surface area contributed by atoms with E-state index >= 15 is 0 Å². The van der Waals surface area contributed by atoms with E-state index in [2.05, 4.69) is 13.5 Å². The molecular weight excluding hydrogens is 326 g/mol. The lowest BCUT2D eigenvalue weighted by Gasteiger charge is -2.11. The number of benzene rings is 2. The fourth-order valence-electron chi connectivity index (χ4n) is 1.93. The summed E-state index contributed by atoms with van der Waals surface area (Å²) in [4.78, 5) is 1.01. The Balaban J connectivity index is 2.07. The molecular formula is C13H11N3O2S3. The summed E-state index contributed by atoms with van der Waals surface area (Å²) in [5.74, 6) is 0. The number of thioether (sulfide) groups is 1. The van der Waals surface area contributed by atoms with Crippen LogP contribution in [0.4, 0.5) is 5.69 Å². The molecule has 0 saturated heterocycles. The van der Waals surface area contributed by atoms with Crippen molar-refractivity contribution in [2.75, 3.05) is 11.0 Å². The van der Waals surface area contributed by atoms with Crippen LogP contribution in [-0.2, 0) is 10.0 Å². The quantitative estimate of drug-likeness (QED) is 0.740. The van der Waals surface area contributed by atoms with Crippen LogP contribution in [-0.4, -0.2) is 23.4 Å². The highest BCUT2D eigenvalue weighted by molar-refractivity contribution is 7.99. The number of aromatic nitrogens is 2. The topological polar surface area (TPSA) is 72.0 Å². The normalized spacial score (nSPS) is 11.7. The molecule has 5 nitrogen and oxygen atoms in total. The lowest BCUT2D eigenvalue weighted by molar-refractivity contribution is 0.602. The van der Waals surface area contributed by atoms with Crippen LogP contribution >= 0.6 is 23.5 Å². The zero-order valence-electron chi connectivity index (χ0n) is 11.0. The Hall–Kier alpha value is -1.64. The van der Waals surface area contributed by atoms with Crippen LogP contribution in [0.5, 0.6) is 0 Å². The molecule has 2 aromatic carbocycles. The van der Waals surface area contributed by atoms with Gasteiger partial charge in [0.1, 0.15) is 15.9 Å². The Kier molecular flexibility index (Phi) is 3.83. The first kappa shape index (κ1) is 14.3. The van der Waals surface area contributed by atoms with Gasteiger partial charge in [-0.2, -0.15) is 8.75 Å². The van der Waals surface area contributed by atoms with Crippen LogP contribution in [0.3, 0.4) is 0 Å². The van der Waals surface area contributed by atoms with Gasteiger partial charge < -0.3 is 0 Å². The van der Waals surface area contributed by atoms with Gasteiger partial charge >= 0.3 is 0 Å². The molecule has 1 aromatic heterocycles. The smallest absolute Gasteiger partial charge is 0.264 e. The van der Waals surface area contributed by atoms with Gasteiger partial charge in [0.2, 0.25) is 0 Å². The zero-order chi connectivity index (χ0) is 14.9. The molecule has 0 aliphatic heterocycles. The van der Waals surface area contributed by atoms with E-state index in [4.69, 9.17) is 0 Å². The molecule has 0 bridgehead atoms. The fraction of sp³-hybridized carbons (Fsp3) is 0.0769. The SMILES string of the molecule is CSc1ccccc1NS(=O)(=O)c1cccc2nsnc12. The van der Waals surface area contributed by atoms with Crippen molar-refractivity contribution < 1.29 is 8.42 Å². The van der Waals surface area contributed by atoms with E-state index < -0.39 is 10.0 Å². The number of anilines is 1. The van der Waals surface area contributed by atoms with Crippen molar-refractivity contribution in [1.29, 1.82) is 0 Å². The van der Waals surface area contributed by atoms with Gasteiger partial charge in [-0.1, -0.05) is 18.2 Å². The van der Waals surface area contributed by atoms with Gasteiger partial charge in [0.05, 0.1) is 17.4 Å². The van der Waals surface area contributed by atoms with Gasteiger partial charge in [-0.3, -0.25) is 4.72 Å². The van der Waals surface area contributed by atoms with Crippen molar-refractivity contribution in [3.05, 3.63) is 42.5 Å². The molecule has 0 aliphatic carbocycles. The summed E-state index contributed by atoms with van der Waals surface area (Å²) in [5, 5.41) is 0. The summed E-state index contributed by atoms with van der Waals surface area (Å²) >= 11 is 2.48. The van der Waals surface area contributed by atoms with Crippen LogP contribution in [0, 0.1) is 0 Å². The predicted molar refractivity (Wildman–Crippen MR) is 86.4 cm³/mol. The first-order chi connectivity index (χ1) is 10.1. The Morgan fingerprint density at radius 1 is 1.10 bits per heavy atom. The van der Waals surface area contributed by atoms with E-state index in [1.165, 1.54) is 17.8 Å². The van der Waals surface area contributed by atoms with Gasteiger partial charge in [-0.05, 0) is 30.5 Å². The Morgan fingerprint density at radius 2 is 1.90 bits per heavy atom. The van der Waals surface area contributed by atoms with Crippen molar-refractivity contribution in [3.63, 3.8) is 0 Å². The van der Waals surface area contributed by atoms with E-state index in [0.717, 1.165) is 16.6 Å². The van der Waals surface area contributed by atoms with E-state index in [1.54, 1.807) is 24.3 Å². The predicted octanol–water partition coefficient (Wildman–Crippen LogP) is 3.21. The molecule has 8 heteroatoms. The molecule has 3 aromatic rings.